The van der Waals surface area contributed by atoms with Gasteiger partial charge in [-0.25, -0.2) is 4.68 Å². The van der Waals surface area contributed by atoms with Crippen molar-refractivity contribution in [3.05, 3.63) is 29.3 Å². The van der Waals surface area contributed by atoms with Crippen molar-refractivity contribution in [3.63, 3.8) is 0 Å². The molecule has 0 saturated carbocycles. The van der Waals surface area contributed by atoms with Crippen LogP contribution in [0.25, 0.3) is 11.4 Å². The average Bonchev–Trinajstić information content (AvgIpc) is 3.29. The number of benzene rings is 1. The third-order valence-electron chi connectivity index (χ3n) is 6.59. The monoisotopic (exact) mass is 422 g/mol. The zero-order valence-corrected chi connectivity index (χ0v) is 17.8. The van der Waals surface area contributed by atoms with Crippen LogP contribution in [0.3, 0.4) is 0 Å². The predicted octanol–water partition coefficient (Wildman–Crippen LogP) is 1.48. The zero-order valence-electron chi connectivity index (χ0n) is 17.8. The second kappa shape index (κ2) is 7.47. The highest BCUT2D eigenvalue weighted by molar-refractivity contribution is 6.05. The average molecular weight is 422 g/mol. The van der Waals surface area contributed by atoms with Crippen molar-refractivity contribution in [1.29, 1.82) is 0 Å². The first kappa shape index (κ1) is 19.7. The Balaban J connectivity index is 1.38. The fourth-order valence-electron chi connectivity index (χ4n) is 4.70. The topological polar surface area (TPSA) is 100 Å². The first-order chi connectivity index (χ1) is 14.9. The number of nitrogens with zero attached hydrogens (tertiary/aromatic N) is 5. The molecule has 9 nitrogen and oxygen atoms in total. The van der Waals surface area contributed by atoms with Crippen LogP contribution in [-0.4, -0.2) is 56.5 Å². The van der Waals surface area contributed by atoms with Crippen LogP contribution in [0, 0.1) is 5.92 Å². The molecule has 9 heteroatoms. The molecule has 162 valence electrons. The van der Waals surface area contributed by atoms with Crippen LogP contribution >= 0.6 is 0 Å². The summed E-state index contributed by atoms with van der Waals surface area (Å²) in [7, 11) is 1.91. The molecule has 3 aliphatic rings. The highest BCUT2D eigenvalue weighted by Gasteiger charge is 2.39. The van der Waals surface area contributed by atoms with Crippen LogP contribution in [0.2, 0.25) is 0 Å². The van der Waals surface area contributed by atoms with E-state index < -0.39 is 11.9 Å². The number of nitrogens with one attached hydrogen (secondary N) is 1. The molecule has 0 aliphatic carbocycles. The Morgan fingerprint density at radius 3 is 2.61 bits per heavy atom. The fraction of sp³-hybridized carbons (Fsp3) is 0.500. The van der Waals surface area contributed by atoms with Gasteiger partial charge in [0.15, 0.2) is 5.82 Å². The van der Waals surface area contributed by atoms with Crippen LogP contribution in [0.15, 0.2) is 18.2 Å². The third-order valence-corrected chi connectivity index (χ3v) is 6.59. The molecule has 0 radical (unpaired) electrons. The lowest BCUT2D eigenvalue weighted by atomic mass is 10.00. The van der Waals surface area contributed by atoms with Crippen molar-refractivity contribution in [2.24, 2.45) is 13.0 Å². The van der Waals surface area contributed by atoms with Gasteiger partial charge >= 0.3 is 0 Å². The van der Waals surface area contributed by atoms with Gasteiger partial charge in [-0.2, -0.15) is 4.98 Å². The number of carbonyl (C=O) groups is 3. The van der Waals surface area contributed by atoms with Crippen molar-refractivity contribution in [3.8, 4) is 11.4 Å². The molecule has 0 spiro atoms. The molecule has 1 atom stereocenters. The number of carbonyl (C=O) groups excluding carboxylic acids is 3. The lowest BCUT2D eigenvalue weighted by Gasteiger charge is -2.30. The van der Waals surface area contributed by atoms with Gasteiger partial charge in [0.1, 0.15) is 6.04 Å². The van der Waals surface area contributed by atoms with E-state index in [2.05, 4.69) is 22.2 Å². The van der Waals surface area contributed by atoms with Gasteiger partial charge in [0.25, 0.3) is 5.91 Å². The largest absolute Gasteiger partial charge is 0.341 e. The number of imide groups is 1. The predicted molar refractivity (Wildman–Crippen MR) is 113 cm³/mol. The van der Waals surface area contributed by atoms with Crippen molar-refractivity contribution in [2.75, 3.05) is 18.0 Å². The number of rotatable bonds is 3. The van der Waals surface area contributed by atoms with E-state index in [0.29, 0.717) is 24.4 Å². The van der Waals surface area contributed by atoms with Crippen molar-refractivity contribution >= 4 is 23.7 Å². The number of hydrogen-bond donors (Lipinski definition) is 1. The van der Waals surface area contributed by atoms with E-state index in [1.807, 2.05) is 23.9 Å². The number of amides is 3. The maximum absolute atomic E-state index is 12.9. The van der Waals surface area contributed by atoms with Gasteiger partial charge in [0.2, 0.25) is 17.8 Å². The van der Waals surface area contributed by atoms with Gasteiger partial charge < -0.3 is 9.80 Å². The minimum Gasteiger partial charge on any atom is -0.341 e. The molecule has 2 aromatic rings. The smallest absolute Gasteiger partial charge is 0.255 e. The minimum atomic E-state index is -0.609. The maximum atomic E-state index is 12.9. The SMILES string of the molecule is CC1CCN(c2nc(-c3ccc4c(c3)CN(C3CCC(=O)NC3=O)C4=O)nn2C)CC1. The Bertz CT molecular complexity index is 1070. The Hall–Kier alpha value is -3.23. The summed E-state index contributed by atoms with van der Waals surface area (Å²) in [5.41, 5.74) is 2.30. The number of aryl methyl sites for hydroxylation is 1. The normalized spacial score (nSPS) is 22.1. The number of hydrogen-bond acceptors (Lipinski definition) is 6. The Labute approximate surface area is 180 Å². The highest BCUT2D eigenvalue weighted by atomic mass is 16.2. The van der Waals surface area contributed by atoms with Crippen LogP contribution in [0.5, 0.6) is 0 Å². The first-order valence-electron chi connectivity index (χ1n) is 10.8. The summed E-state index contributed by atoms with van der Waals surface area (Å²) in [5, 5.41) is 6.95. The Morgan fingerprint density at radius 2 is 1.87 bits per heavy atom. The minimum absolute atomic E-state index is 0.173. The summed E-state index contributed by atoms with van der Waals surface area (Å²) in [4.78, 5) is 45.2. The molecule has 3 aliphatic heterocycles. The summed E-state index contributed by atoms with van der Waals surface area (Å²) in [6.07, 6.45) is 2.91. The molecule has 0 bridgehead atoms. The summed E-state index contributed by atoms with van der Waals surface area (Å²) in [5.74, 6) is 1.38. The standard InChI is InChI=1S/C22H26N6O3/c1-13-7-9-27(10-8-13)22-24-19(25-26(22)2)14-3-4-16-15(11-14)12-28(21(16)31)17-5-6-18(29)23-20(17)30/h3-4,11,13,17H,5-10,12H2,1-2H3,(H,23,29,30). The molecule has 3 amide bonds. The second-order valence-electron chi connectivity index (χ2n) is 8.80. The lowest BCUT2D eigenvalue weighted by Crippen LogP contribution is -2.52. The molecule has 1 aromatic carbocycles. The number of piperidine rings is 2. The van der Waals surface area contributed by atoms with Gasteiger partial charge in [-0.3, -0.25) is 19.7 Å². The van der Waals surface area contributed by atoms with Crippen LogP contribution in [-0.2, 0) is 23.2 Å². The maximum Gasteiger partial charge on any atom is 0.255 e. The van der Waals surface area contributed by atoms with Crippen molar-refractivity contribution in [2.45, 2.75) is 45.2 Å². The van der Waals surface area contributed by atoms with Gasteiger partial charge in [0.05, 0.1) is 0 Å². The third kappa shape index (κ3) is 3.47. The fourth-order valence-corrected chi connectivity index (χ4v) is 4.70. The van der Waals surface area contributed by atoms with Gasteiger partial charge in [0, 0.05) is 44.2 Å². The van der Waals surface area contributed by atoms with Gasteiger partial charge in [-0.1, -0.05) is 13.0 Å². The molecule has 1 N–H and O–H groups in total. The van der Waals surface area contributed by atoms with E-state index in [0.717, 1.165) is 48.9 Å². The van der Waals surface area contributed by atoms with Crippen LogP contribution < -0.4 is 10.2 Å². The Kier molecular flexibility index (Phi) is 4.75. The van der Waals surface area contributed by atoms with Crippen LogP contribution in [0.4, 0.5) is 5.95 Å². The molecular weight excluding hydrogens is 396 g/mol. The summed E-state index contributed by atoms with van der Waals surface area (Å²) >= 11 is 0. The first-order valence-corrected chi connectivity index (χ1v) is 10.8. The Morgan fingerprint density at radius 1 is 1.10 bits per heavy atom. The molecular formula is C22H26N6O3. The lowest BCUT2D eigenvalue weighted by molar-refractivity contribution is -0.136. The van der Waals surface area contributed by atoms with Gasteiger partial charge in [-0.15, -0.1) is 5.10 Å². The van der Waals surface area contributed by atoms with Crippen LogP contribution in [0.1, 0.15) is 48.5 Å². The highest BCUT2D eigenvalue weighted by Crippen LogP contribution is 2.31. The van der Waals surface area contributed by atoms with E-state index in [9.17, 15) is 14.4 Å². The number of aromatic nitrogens is 3. The van der Waals surface area contributed by atoms with Crippen molar-refractivity contribution in [1.82, 2.24) is 25.0 Å². The van der Waals surface area contributed by atoms with E-state index in [1.54, 1.807) is 11.0 Å². The number of fused-ring (bicyclic) bond motifs is 1. The van der Waals surface area contributed by atoms with E-state index in [4.69, 9.17) is 4.98 Å². The molecule has 2 saturated heterocycles. The summed E-state index contributed by atoms with van der Waals surface area (Å²) in [6.45, 7) is 4.58. The van der Waals surface area contributed by atoms with E-state index in [1.165, 1.54) is 0 Å². The summed E-state index contributed by atoms with van der Waals surface area (Å²) in [6, 6.07) is 4.98. The van der Waals surface area contributed by atoms with Gasteiger partial charge in [-0.05, 0) is 42.9 Å². The second-order valence-corrected chi connectivity index (χ2v) is 8.80. The zero-order chi connectivity index (χ0) is 21.7. The van der Waals surface area contributed by atoms with E-state index in [-0.39, 0.29) is 18.2 Å². The summed E-state index contributed by atoms with van der Waals surface area (Å²) < 4.78 is 1.82. The molecule has 1 unspecified atom stereocenters. The molecule has 31 heavy (non-hydrogen) atoms. The van der Waals surface area contributed by atoms with Crippen molar-refractivity contribution < 1.29 is 14.4 Å². The molecule has 1 aromatic heterocycles. The number of anilines is 1. The van der Waals surface area contributed by atoms with E-state index >= 15 is 0 Å². The molecule has 2 fully saturated rings. The quantitative estimate of drug-likeness (QED) is 0.752. The molecule has 4 heterocycles. The molecule has 5 rings (SSSR count).